The van der Waals surface area contributed by atoms with Crippen LogP contribution >= 0.6 is 11.6 Å². The van der Waals surface area contributed by atoms with Gasteiger partial charge in [-0.05, 0) is 24.7 Å². The van der Waals surface area contributed by atoms with Gasteiger partial charge >= 0.3 is 0 Å². The van der Waals surface area contributed by atoms with Crippen molar-refractivity contribution in [3.8, 4) is 5.75 Å². The molecule has 1 unspecified atom stereocenters. The van der Waals surface area contributed by atoms with Crippen molar-refractivity contribution in [2.24, 2.45) is 16.8 Å². The average molecular weight is 298 g/mol. The normalized spacial score (nSPS) is 16.1. The first-order valence-corrected chi connectivity index (χ1v) is 6.99. The van der Waals surface area contributed by atoms with Crippen molar-refractivity contribution in [1.29, 1.82) is 0 Å². The van der Waals surface area contributed by atoms with Gasteiger partial charge in [0.2, 0.25) is 0 Å². The zero-order valence-electron chi connectivity index (χ0n) is 11.8. The summed E-state index contributed by atoms with van der Waals surface area (Å²) in [5.41, 5.74) is 7.85. The molecule has 20 heavy (non-hydrogen) atoms. The summed E-state index contributed by atoms with van der Waals surface area (Å²) in [5, 5.41) is 12.5. The predicted octanol–water partition coefficient (Wildman–Crippen LogP) is 2.09. The predicted molar refractivity (Wildman–Crippen MR) is 79.6 cm³/mol. The lowest BCUT2D eigenvalue weighted by Gasteiger charge is -2.21. The van der Waals surface area contributed by atoms with Gasteiger partial charge in [0.25, 0.3) is 0 Å². The van der Waals surface area contributed by atoms with Gasteiger partial charge in [0.05, 0.1) is 6.61 Å². The lowest BCUT2D eigenvalue weighted by molar-refractivity contribution is 0.285. The monoisotopic (exact) mass is 297 g/mol. The van der Waals surface area contributed by atoms with Crippen LogP contribution in [0.3, 0.4) is 0 Å². The molecule has 6 heteroatoms. The Morgan fingerprint density at radius 2 is 2.35 bits per heavy atom. The molecule has 1 aliphatic rings. The van der Waals surface area contributed by atoms with Gasteiger partial charge < -0.3 is 20.6 Å². The van der Waals surface area contributed by atoms with Crippen molar-refractivity contribution in [3.05, 3.63) is 28.3 Å². The third kappa shape index (κ3) is 3.35. The van der Waals surface area contributed by atoms with Crippen LogP contribution in [-0.2, 0) is 13.0 Å². The van der Waals surface area contributed by atoms with Gasteiger partial charge in [-0.1, -0.05) is 23.7 Å². The minimum atomic E-state index is -0.0156. The second kappa shape index (κ2) is 6.33. The zero-order chi connectivity index (χ0) is 14.7. The summed E-state index contributed by atoms with van der Waals surface area (Å²) in [6.07, 6.45) is 0.910. The summed E-state index contributed by atoms with van der Waals surface area (Å²) in [5.74, 6) is 1.18. The summed E-state index contributed by atoms with van der Waals surface area (Å²) in [4.78, 5) is 2.11. The molecule has 1 heterocycles. The van der Waals surface area contributed by atoms with Gasteiger partial charge in [-0.15, -0.1) is 0 Å². The number of rotatable bonds is 5. The molecule has 0 radical (unpaired) electrons. The van der Waals surface area contributed by atoms with Crippen LogP contribution in [-0.4, -0.2) is 36.1 Å². The van der Waals surface area contributed by atoms with E-state index in [9.17, 15) is 0 Å². The molecule has 1 aromatic rings. The topological polar surface area (TPSA) is 71.1 Å². The van der Waals surface area contributed by atoms with Gasteiger partial charge in [0, 0.05) is 36.0 Å². The maximum Gasteiger partial charge on any atom is 0.143 e. The molecule has 0 saturated carbocycles. The van der Waals surface area contributed by atoms with Crippen molar-refractivity contribution < 1.29 is 9.94 Å². The van der Waals surface area contributed by atoms with Crippen molar-refractivity contribution in [3.63, 3.8) is 0 Å². The molecule has 0 fully saturated rings. The fourth-order valence-electron chi connectivity index (χ4n) is 2.48. The second-order valence-corrected chi connectivity index (χ2v) is 5.71. The minimum Gasteiger partial charge on any atom is -0.493 e. The van der Waals surface area contributed by atoms with E-state index in [-0.39, 0.29) is 11.8 Å². The molecule has 1 aromatic carbocycles. The molecular formula is C14H20ClN3O2. The zero-order valence-corrected chi connectivity index (χ0v) is 12.5. The molecule has 0 aromatic heterocycles. The van der Waals surface area contributed by atoms with E-state index in [0.717, 1.165) is 22.8 Å². The van der Waals surface area contributed by atoms with E-state index < -0.39 is 0 Å². The third-order valence-electron chi connectivity index (χ3n) is 3.47. The van der Waals surface area contributed by atoms with E-state index in [4.69, 9.17) is 27.3 Å². The Morgan fingerprint density at radius 3 is 3.05 bits per heavy atom. The molecule has 2 rings (SSSR count). The van der Waals surface area contributed by atoms with E-state index in [2.05, 4.69) is 10.1 Å². The van der Waals surface area contributed by atoms with Crippen LogP contribution in [0.2, 0.25) is 5.02 Å². The standard InChI is InChI=1S/C14H20ClN3O2/c1-9(14(16)17-19)7-18(2)8-11-6-12(15)5-10-3-4-20-13(10)11/h5-6,9,19H,3-4,7-8H2,1-2H3,(H2,16,17). The number of amidine groups is 1. The SMILES string of the molecule is CC(CN(C)Cc1cc(Cl)cc2c1OCC2)/C(N)=N/O. The molecule has 1 atom stereocenters. The number of oxime groups is 1. The number of hydrogen-bond donors (Lipinski definition) is 2. The first kappa shape index (κ1) is 14.9. The Hall–Kier alpha value is -1.46. The van der Waals surface area contributed by atoms with Gasteiger partial charge in [0.15, 0.2) is 0 Å². The van der Waals surface area contributed by atoms with Crippen LogP contribution in [0.4, 0.5) is 0 Å². The Kier molecular flexibility index (Phi) is 4.73. The van der Waals surface area contributed by atoms with Gasteiger partial charge in [-0.3, -0.25) is 0 Å². The molecule has 5 nitrogen and oxygen atoms in total. The smallest absolute Gasteiger partial charge is 0.143 e. The fraction of sp³-hybridized carbons (Fsp3) is 0.500. The molecule has 0 saturated heterocycles. The summed E-state index contributed by atoms with van der Waals surface area (Å²) in [6.45, 7) is 4.04. The summed E-state index contributed by atoms with van der Waals surface area (Å²) in [6, 6.07) is 3.91. The van der Waals surface area contributed by atoms with Gasteiger partial charge in [0.1, 0.15) is 11.6 Å². The van der Waals surface area contributed by atoms with E-state index in [1.807, 2.05) is 26.1 Å². The van der Waals surface area contributed by atoms with E-state index in [1.54, 1.807) is 0 Å². The highest BCUT2D eigenvalue weighted by molar-refractivity contribution is 6.30. The molecular weight excluding hydrogens is 278 g/mol. The Labute approximate surface area is 124 Å². The largest absolute Gasteiger partial charge is 0.493 e. The number of nitrogens with two attached hydrogens (primary N) is 1. The van der Waals surface area contributed by atoms with Crippen LogP contribution < -0.4 is 10.5 Å². The third-order valence-corrected chi connectivity index (χ3v) is 3.69. The molecule has 0 bridgehead atoms. The van der Waals surface area contributed by atoms with Crippen molar-refractivity contribution in [2.45, 2.75) is 19.9 Å². The Bertz CT molecular complexity index is 519. The van der Waals surface area contributed by atoms with Crippen LogP contribution in [0.1, 0.15) is 18.1 Å². The molecule has 110 valence electrons. The van der Waals surface area contributed by atoms with Crippen LogP contribution in [0.25, 0.3) is 0 Å². The number of benzene rings is 1. The highest BCUT2D eigenvalue weighted by atomic mass is 35.5. The van der Waals surface area contributed by atoms with Crippen molar-refractivity contribution >= 4 is 17.4 Å². The Balaban J connectivity index is 2.07. The quantitative estimate of drug-likeness (QED) is 0.378. The highest BCUT2D eigenvalue weighted by Crippen LogP contribution is 2.33. The van der Waals surface area contributed by atoms with Gasteiger partial charge in [-0.25, -0.2) is 0 Å². The maximum atomic E-state index is 8.68. The summed E-state index contributed by atoms with van der Waals surface area (Å²) in [7, 11) is 1.99. The molecule has 1 aliphatic heterocycles. The molecule has 3 N–H and O–H groups in total. The highest BCUT2D eigenvalue weighted by Gasteiger charge is 2.19. The summed E-state index contributed by atoms with van der Waals surface area (Å²) >= 11 is 6.14. The first-order chi connectivity index (χ1) is 9.51. The van der Waals surface area contributed by atoms with Crippen molar-refractivity contribution in [2.75, 3.05) is 20.2 Å². The number of hydrogen-bond acceptors (Lipinski definition) is 4. The number of halogens is 1. The van der Waals surface area contributed by atoms with E-state index >= 15 is 0 Å². The van der Waals surface area contributed by atoms with Crippen LogP contribution in [0.5, 0.6) is 5.75 Å². The second-order valence-electron chi connectivity index (χ2n) is 5.27. The van der Waals surface area contributed by atoms with Crippen molar-refractivity contribution in [1.82, 2.24) is 4.90 Å². The number of ether oxygens (including phenoxy) is 1. The van der Waals surface area contributed by atoms with E-state index in [0.29, 0.717) is 19.7 Å². The molecule has 0 amide bonds. The van der Waals surface area contributed by atoms with Crippen LogP contribution in [0, 0.1) is 5.92 Å². The minimum absolute atomic E-state index is 0.0156. The average Bonchev–Trinajstić information content (AvgIpc) is 2.85. The van der Waals surface area contributed by atoms with E-state index in [1.165, 1.54) is 5.56 Å². The number of nitrogens with zero attached hydrogens (tertiary/aromatic N) is 2. The number of fused-ring (bicyclic) bond motifs is 1. The van der Waals surface area contributed by atoms with Crippen LogP contribution in [0.15, 0.2) is 17.3 Å². The lowest BCUT2D eigenvalue weighted by atomic mass is 10.1. The molecule has 0 aliphatic carbocycles. The summed E-state index contributed by atoms with van der Waals surface area (Å²) < 4.78 is 5.69. The first-order valence-electron chi connectivity index (χ1n) is 6.61. The van der Waals surface area contributed by atoms with Gasteiger partial charge in [-0.2, -0.15) is 0 Å². The maximum absolute atomic E-state index is 8.68. The molecule has 0 spiro atoms. The fourth-order valence-corrected chi connectivity index (χ4v) is 2.74. The lowest BCUT2D eigenvalue weighted by Crippen LogP contribution is -2.32. The Morgan fingerprint density at radius 1 is 1.60 bits per heavy atom.